The van der Waals surface area contributed by atoms with Gasteiger partial charge in [-0.15, -0.1) is 0 Å². The first kappa shape index (κ1) is 18.5. The Hall–Kier alpha value is -3.27. The quantitative estimate of drug-likeness (QED) is 0.605. The van der Waals surface area contributed by atoms with Crippen LogP contribution >= 0.6 is 0 Å². The lowest BCUT2D eigenvalue weighted by atomic mass is 10.0. The average Bonchev–Trinajstić information content (AvgIpc) is 2.71. The van der Waals surface area contributed by atoms with E-state index in [1.807, 2.05) is 67.6 Å². The van der Waals surface area contributed by atoms with E-state index >= 15 is 0 Å². The fourth-order valence-electron chi connectivity index (χ4n) is 2.84. The van der Waals surface area contributed by atoms with E-state index in [-0.39, 0.29) is 5.56 Å². The molecule has 3 aromatic carbocycles. The van der Waals surface area contributed by atoms with Crippen molar-refractivity contribution in [1.82, 2.24) is 0 Å². The highest BCUT2D eigenvalue weighted by Crippen LogP contribution is 2.31. The summed E-state index contributed by atoms with van der Waals surface area (Å²) in [6, 6.07) is 22.9. The van der Waals surface area contributed by atoms with Crippen molar-refractivity contribution in [2.45, 2.75) is 26.6 Å². The van der Waals surface area contributed by atoms with Crippen molar-refractivity contribution in [1.29, 1.82) is 0 Å². The molecule has 138 valence electrons. The second kappa shape index (κ2) is 8.90. The minimum atomic E-state index is -0.996. The molecule has 27 heavy (non-hydrogen) atoms. The third-order valence-electron chi connectivity index (χ3n) is 4.24. The van der Waals surface area contributed by atoms with Crippen molar-refractivity contribution >= 4 is 5.97 Å². The van der Waals surface area contributed by atoms with E-state index in [1.54, 1.807) is 12.1 Å². The molecule has 3 rings (SSSR count). The lowest BCUT2D eigenvalue weighted by Gasteiger charge is -2.15. The molecule has 1 N–H and O–H groups in total. The number of carboxylic acids is 1. The largest absolute Gasteiger partial charge is 0.489 e. The van der Waals surface area contributed by atoms with Crippen LogP contribution in [-0.2, 0) is 19.6 Å². The summed E-state index contributed by atoms with van der Waals surface area (Å²) in [4.78, 5) is 11.8. The van der Waals surface area contributed by atoms with Gasteiger partial charge in [-0.3, -0.25) is 0 Å². The molecule has 0 radical (unpaired) electrons. The summed E-state index contributed by atoms with van der Waals surface area (Å²) < 4.78 is 11.7. The molecule has 0 fully saturated rings. The van der Waals surface area contributed by atoms with E-state index < -0.39 is 5.97 Å². The maximum Gasteiger partial charge on any atom is 0.339 e. The topological polar surface area (TPSA) is 55.8 Å². The SMILES string of the molecule is CCc1cc(OCc2ccccc2)cc(OCc2ccccc2)c1C(=O)O. The summed E-state index contributed by atoms with van der Waals surface area (Å²) in [5.41, 5.74) is 2.91. The van der Waals surface area contributed by atoms with Gasteiger partial charge in [0.1, 0.15) is 30.3 Å². The summed E-state index contributed by atoms with van der Waals surface area (Å²) in [5.74, 6) is -0.0675. The van der Waals surface area contributed by atoms with Crippen LogP contribution in [0.4, 0.5) is 0 Å². The first-order valence-electron chi connectivity index (χ1n) is 8.91. The molecule has 0 amide bonds. The van der Waals surface area contributed by atoms with Crippen molar-refractivity contribution in [3.05, 3.63) is 95.1 Å². The van der Waals surface area contributed by atoms with Gasteiger partial charge < -0.3 is 14.6 Å². The van der Waals surface area contributed by atoms with Crippen LogP contribution in [0.3, 0.4) is 0 Å². The number of carbonyl (C=O) groups is 1. The maximum absolute atomic E-state index is 11.8. The van der Waals surface area contributed by atoms with Crippen molar-refractivity contribution in [3.63, 3.8) is 0 Å². The minimum absolute atomic E-state index is 0.195. The second-order valence-corrected chi connectivity index (χ2v) is 6.16. The summed E-state index contributed by atoms with van der Waals surface area (Å²) in [6.45, 7) is 2.63. The Morgan fingerprint density at radius 3 is 1.93 bits per heavy atom. The zero-order chi connectivity index (χ0) is 19.1. The van der Waals surface area contributed by atoms with E-state index in [9.17, 15) is 9.90 Å². The lowest BCUT2D eigenvalue weighted by molar-refractivity contribution is 0.0690. The molecule has 3 aromatic rings. The van der Waals surface area contributed by atoms with Gasteiger partial charge in [0.05, 0.1) is 0 Å². The fraction of sp³-hybridized carbons (Fsp3) is 0.174. The normalized spacial score (nSPS) is 10.4. The van der Waals surface area contributed by atoms with Crippen molar-refractivity contribution in [2.24, 2.45) is 0 Å². The summed E-state index contributed by atoms with van der Waals surface area (Å²) in [5, 5.41) is 9.65. The number of hydrogen-bond acceptors (Lipinski definition) is 3. The number of carboxylic acid groups (broad SMARTS) is 1. The number of ether oxygens (including phenoxy) is 2. The number of rotatable bonds is 8. The van der Waals surface area contributed by atoms with Gasteiger partial charge in [-0.1, -0.05) is 67.6 Å². The summed E-state index contributed by atoms with van der Waals surface area (Å²) >= 11 is 0. The van der Waals surface area contributed by atoms with Gasteiger partial charge in [0.2, 0.25) is 0 Å². The van der Waals surface area contributed by atoms with Crippen molar-refractivity contribution < 1.29 is 19.4 Å². The first-order valence-corrected chi connectivity index (χ1v) is 8.91. The smallest absolute Gasteiger partial charge is 0.339 e. The van der Waals surface area contributed by atoms with Crippen LogP contribution < -0.4 is 9.47 Å². The third kappa shape index (κ3) is 4.88. The van der Waals surface area contributed by atoms with Gasteiger partial charge in [-0.2, -0.15) is 0 Å². The Labute approximate surface area is 159 Å². The molecule has 0 aliphatic rings. The Morgan fingerprint density at radius 2 is 1.41 bits per heavy atom. The first-order chi connectivity index (χ1) is 13.2. The summed E-state index contributed by atoms with van der Waals surface area (Å²) in [7, 11) is 0. The van der Waals surface area contributed by atoms with E-state index in [0.717, 1.165) is 11.1 Å². The predicted molar refractivity (Wildman–Crippen MR) is 104 cm³/mol. The van der Waals surface area contributed by atoms with Crippen LogP contribution in [0.1, 0.15) is 34.0 Å². The van der Waals surface area contributed by atoms with Crippen molar-refractivity contribution in [3.8, 4) is 11.5 Å². The van der Waals surface area contributed by atoms with Gasteiger partial charge in [-0.25, -0.2) is 4.79 Å². The molecular formula is C23H22O4. The zero-order valence-corrected chi connectivity index (χ0v) is 15.2. The van der Waals surface area contributed by atoms with Crippen LogP contribution in [0.2, 0.25) is 0 Å². The molecule has 4 heteroatoms. The predicted octanol–water partition coefficient (Wildman–Crippen LogP) is 5.11. The standard InChI is InChI=1S/C23H22O4/c1-2-19-13-20(26-15-17-9-5-3-6-10-17)14-21(22(19)23(24)25)27-16-18-11-7-4-8-12-18/h3-14H,2,15-16H2,1H3,(H,24,25). The molecule has 0 aliphatic carbocycles. The molecule has 0 aromatic heterocycles. The molecule has 0 spiro atoms. The Kier molecular flexibility index (Phi) is 6.10. The van der Waals surface area contributed by atoms with E-state index in [0.29, 0.717) is 36.7 Å². The molecular weight excluding hydrogens is 340 g/mol. The van der Waals surface area contributed by atoms with E-state index in [4.69, 9.17) is 9.47 Å². The zero-order valence-electron chi connectivity index (χ0n) is 15.2. The van der Waals surface area contributed by atoms with Gasteiger partial charge in [0.15, 0.2) is 0 Å². The number of benzene rings is 3. The Morgan fingerprint density at radius 1 is 0.852 bits per heavy atom. The second-order valence-electron chi connectivity index (χ2n) is 6.16. The van der Waals surface area contributed by atoms with Crippen LogP contribution in [-0.4, -0.2) is 11.1 Å². The highest BCUT2D eigenvalue weighted by Gasteiger charge is 2.18. The van der Waals surface area contributed by atoms with E-state index in [1.165, 1.54) is 0 Å². The van der Waals surface area contributed by atoms with Gasteiger partial charge in [0, 0.05) is 6.07 Å². The molecule has 0 atom stereocenters. The summed E-state index contributed by atoms with van der Waals surface area (Å²) in [6.07, 6.45) is 0.575. The van der Waals surface area contributed by atoms with Crippen molar-refractivity contribution in [2.75, 3.05) is 0 Å². The maximum atomic E-state index is 11.8. The molecule has 0 bridgehead atoms. The Balaban J connectivity index is 1.85. The molecule has 0 unspecified atom stereocenters. The molecule has 0 heterocycles. The molecule has 0 saturated heterocycles. The molecule has 0 aliphatic heterocycles. The van der Waals surface area contributed by atoms with Crippen LogP contribution in [0.25, 0.3) is 0 Å². The number of aryl methyl sites for hydroxylation is 1. The van der Waals surface area contributed by atoms with Gasteiger partial charge >= 0.3 is 5.97 Å². The van der Waals surface area contributed by atoms with Crippen LogP contribution in [0.15, 0.2) is 72.8 Å². The average molecular weight is 362 g/mol. The highest BCUT2D eigenvalue weighted by atomic mass is 16.5. The van der Waals surface area contributed by atoms with Crippen LogP contribution in [0, 0.1) is 0 Å². The number of aromatic carboxylic acids is 1. The van der Waals surface area contributed by atoms with Gasteiger partial charge in [-0.05, 0) is 29.2 Å². The number of hydrogen-bond donors (Lipinski definition) is 1. The highest BCUT2D eigenvalue weighted by molar-refractivity contribution is 5.93. The third-order valence-corrected chi connectivity index (χ3v) is 4.24. The molecule has 4 nitrogen and oxygen atoms in total. The monoisotopic (exact) mass is 362 g/mol. The Bertz CT molecular complexity index is 889. The van der Waals surface area contributed by atoms with Gasteiger partial charge in [0.25, 0.3) is 0 Å². The minimum Gasteiger partial charge on any atom is -0.489 e. The van der Waals surface area contributed by atoms with Crippen LogP contribution in [0.5, 0.6) is 11.5 Å². The lowest BCUT2D eigenvalue weighted by Crippen LogP contribution is -2.08. The van der Waals surface area contributed by atoms with E-state index in [2.05, 4.69) is 0 Å². The molecule has 0 saturated carbocycles. The fourth-order valence-corrected chi connectivity index (χ4v) is 2.84.